The summed E-state index contributed by atoms with van der Waals surface area (Å²) >= 11 is 9.43. The van der Waals surface area contributed by atoms with Gasteiger partial charge in [-0.2, -0.15) is 0 Å². The van der Waals surface area contributed by atoms with Gasteiger partial charge in [-0.05, 0) is 61.7 Å². The van der Waals surface area contributed by atoms with Crippen LogP contribution in [-0.2, 0) is 14.9 Å². The van der Waals surface area contributed by atoms with E-state index in [4.69, 9.17) is 21.1 Å². The number of amides is 1. The van der Waals surface area contributed by atoms with Gasteiger partial charge in [-0.25, -0.2) is 0 Å². The maximum absolute atomic E-state index is 12.6. The van der Waals surface area contributed by atoms with Crippen LogP contribution in [0.15, 0.2) is 53.0 Å². The summed E-state index contributed by atoms with van der Waals surface area (Å²) in [5.74, 6) is 0.487. The van der Waals surface area contributed by atoms with Gasteiger partial charge < -0.3 is 14.8 Å². The highest BCUT2D eigenvalue weighted by Crippen LogP contribution is 2.35. The summed E-state index contributed by atoms with van der Waals surface area (Å²) in [5.41, 5.74) is 1.09. The molecule has 0 radical (unpaired) electrons. The number of hydrogen-bond donors (Lipinski definition) is 1. The summed E-state index contributed by atoms with van der Waals surface area (Å²) in [7, 11) is 0. The lowest BCUT2D eigenvalue weighted by Gasteiger charge is -2.38. The third-order valence-electron chi connectivity index (χ3n) is 4.98. The molecule has 0 aliphatic carbocycles. The molecule has 0 bridgehead atoms. The topological polar surface area (TPSA) is 47.6 Å². The van der Waals surface area contributed by atoms with E-state index in [0.29, 0.717) is 30.5 Å². The molecule has 4 nitrogen and oxygen atoms in total. The number of ether oxygens (including phenoxy) is 2. The van der Waals surface area contributed by atoms with Gasteiger partial charge in [0.05, 0.1) is 0 Å². The van der Waals surface area contributed by atoms with E-state index in [1.165, 1.54) is 5.56 Å². The normalized spacial score (nSPS) is 17.1. The Morgan fingerprint density at radius 1 is 1.26 bits per heavy atom. The van der Waals surface area contributed by atoms with Gasteiger partial charge in [0.1, 0.15) is 5.75 Å². The largest absolute Gasteiger partial charge is 0.481 e. The summed E-state index contributed by atoms with van der Waals surface area (Å²) in [6.45, 7) is 3.69. The fraction of sp³-hybridized carbons (Fsp3) is 0.381. The fourth-order valence-electron chi connectivity index (χ4n) is 3.32. The Hall–Kier alpha value is -1.56. The van der Waals surface area contributed by atoms with Gasteiger partial charge in [0.25, 0.3) is 5.91 Å². The molecule has 27 heavy (non-hydrogen) atoms. The standard InChI is InChI=1S/C21H23BrClNO3/c1-15(27-19-7-5-18(23)6-8-19)20(25)24-14-21(9-11-26-12-10-21)16-3-2-4-17(22)13-16/h2-8,13,15H,9-12,14H2,1H3,(H,24,25). The van der Waals surface area contributed by atoms with Crippen molar-refractivity contribution in [1.29, 1.82) is 0 Å². The highest BCUT2D eigenvalue weighted by Gasteiger charge is 2.35. The van der Waals surface area contributed by atoms with E-state index in [1.54, 1.807) is 31.2 Å². The maximum Gasteiger partial charge on any atom is 0.260 e. The maximum atomic E-state index is 12.6. The molecule has 0 aromatic heterocycles. The third-order valence-corrected chi connectivity index (χ3v) is 5.73. The lowest BCUT2D eigenvalue weighted by Crippen LogP contribution is -2.47. The van der Waals surface area contributed by atoms with Crippen molar-refractivity contribution in [1.82, 2.24) is 5.32 Å². The lowest BCUT2D eigenvalue weighted by molar-refractivity contribution is -0.127. The van der Waals surface area contributed by atoms with Crippen LogP contribution in [0.1, 0.15) is 25.3 Å². The summed E-state index contributed by atoms with van der Waals surface area (Å²) in [6, 6.07) is 15.3. The molecule has 1 aliphatic heterocycles. The summed E-state index contributed by atoms with van der Waals surface area (Å²) < 4.78 is 12.3. The third kappa shape index (κ3) is 5.24. The van der Waals surface area contributed by atoms with Gasteiger partial charge in [-0.1, -0.05) is 39.7 Å². The Kier molecular flexibility index (Phi) is 6.79. The summed E-state index contributed by atoms with van der Waals surface area (Å²) in [5, 5.41) is 3.72. The Morgan fingerprint density at radius 3 is 2.63 bits per heavy atom. The highest BCUT2D eigenvalue weighted by atomic mass is 79.9. The van der Waals surface area contributed by atoms with E-state index < -0.39 is 6.10 Å². The molecule has 1 fully saturated rings. The van der Waals surface area contributed by atoms with Crippen LogP contribution in [0.2, 0.25) is 5.02 Å². The van der Waals surface area contributed by atoms with Crippen molar-refractivity contribution in [3.63, 3.8) is 0 Å². The molecule has 2 aromatic carbocycles. The molecular formula is C21H23BrClNO3. The minimum atomic E-state index is -0.592. The first-order chi connectivity index (χ1) is 13.0. The van der Waals surface area contributed by atoms with Crippen LogP contribution in [0.5, 0.6) is 5.75 Å². The van der Waals surface area contributed by atoms with Gasteiger partial charge in [0, 0.05) is 34.7 Å². The van der Waals surface area contributed by atoms with Crippen LogP contribution in [0.25, 0.3) is 0 Å². The monoisotopic (exact) mass is 451 g/mol. The predicted molar refractivity (Wildman–Crippen MR) is 110 cm³/mol. The van der Waals surface area contributed by atoms with Crippen molar-refractivity contribution < 1.29 is 14.3 Å². The predicted octanol–water partition coefficient (Wildman–Crippen LogP) is 4.73. The fourth-order valence-corrected chi connectivity index (χ4v) is 3.84. The zero-order chi connectivity index (χ0) is 19.3. The number of carbonyl (C=O) groups excluding carboxylic acids is 1. The summed E-state index contributed by atoms with van der Waals surface area (Å²) in [4.78, 5) is 12.6. The van der Waals surface area contributed by atoms with Crippen molar-refractivity contribution in [3.8, 4) is 5.75 Å². The van der Waals surface area contributed by atoms with Crippen molar-refractivity contribution in [2.45, 2.75) is 31.3 Å². The number of rotatable bonds is 6. The minimum absolute atomic E-state index is 0.127. The van der Waals surface area contributed by atoms with Crippen LogP contribution >= 0.6 is 27.5 Å². The summed E-state index contributed by atoms with van der Waals surface area (Å²) in [6.07, 6.45) is 1.15. The highest BCUT2D eigenvalue weighted by molar-refractivity contribution is 9.10. The van der Waals surface area contributed by atoms with Gasteiger partial charge >= 0.3 is 0 Å². The van der Waals surface area contributed by atoms with Crippen LogP contribution in [0.4, 0.5) is 0 Å². The Labute approximate surface area is 173 Å². The number of halogens is 2. The first kappa shape index (κ1) is 20.2. The van der Waals surface area contributed by atoms with E-state index >= 15 is 0 Å². The number of carbonyl (C=O) groups is 1. The smallest absolute Gasteiger partial charge is 0.260 e. The zero-order valence-corrected chi connectivity index (χ0v) is 17.6. The van der Waals surface area contributed by atoms with E-state index in [-0.39, 0.29) is 11.3 Å². The first-order valence-electron chi connectivity index (χ1n) is 9.02. The van der Waals surface area contributed by atoms with Crippen LogP contribution in [0, 0.1) is 0 Å². The van der Waals surface area contributed by atoms with E-state index in [2.05, 4.69) is 33.4 Å². The molecule has 144 valence electrons. The number of benzene rings is 2. The second kappa shape index (κ2) is 9.09. The average Bonchev–Trinajstić information content (AvgIpc) is 2.68. The molecule has 1 unspecified atom stereocenters. The Bertz CT molecular complexity index is 775. The molecule has 1 atom stereocenters. The Morgan fingerprint density at radius 2 is 1.96 bits per heavy atom. The Balaban J connectivity index is 1.66. The first-order valence-corrected chi connectivity index (χ1v) is 10.2. The van der Waals surface area contributed by atoms with Gasteiger partial charge in [-0.3, -0.25) is 4.79 Å². The molecule has 1 aliphatic rings. The molecule has 0 spiro atoms. The van der Waals surface area contributed by atoms with E-state index in [0.717, 1.165) is 17.3 Å². The van der Waals surface area contributed by atoms with Crippen LogP contribution < -0.4 is 10.1 Å². The second-order valence-corrected chi connectivity index (χ2v) is 8.19. The minimum Gasteiger partial charge on any atom is -0.481 e. The van der Waals surface area contributed by atoms with Crippen molar-refractivity contribution >= 4 is 33.4 Å². The van der Waals surface area contributed by atoms with Crippen molar-refractivity contribution in [3.05, 3.63) is 63.6 Å². The molecule has 3 rings (SSSR count). The van der Waals surface area contributed by atoms with Crippen LogP contribution in [0.3, 0.4) is 0 Å². The second-order valence-electron chi connectivity index (χ2n) is 6.83. The lowest BCUT2D eigenvalue weighted by atomic mass is 9.74. The quantitative estimate of drug-likeness (QED) is 0.689. The number of nitrogens with one attached hydrogen (secondary N) is 1. The molecule has 1 saturated heterocycles. The van der Waals surface area contributed by atoms with Crippen molar-refractivity contribution in [2.24, 2.45) is 0 Å². The van der Waals surface area contributed by atoms with Crippen LogP contribution in [-0.4, -0.2) is 31.8 Å². The molecule has 2 aromatic rings. The molecule has 1 heterocycles. The molecule has 0 saturated carbocycles. The van der Waals surface area contributed by atoms with Gasteiger partial charge in [0.2, 0.25) is 0 Å². The zero-order valence-electron chi connectivity index (χ0n) is 15.2. The molecule has 1 N–H and O–H groups in total. The molecular weight excluding hydrogens is 430 g/mol. The number of hydrogen-bond acceptors (Lipinski definition) is 3. The molecule has 1 amide bonds. The average molecular weight is 453 g/mol. The van der Waals surface area contributed by atoms with E-state index in [9.17, 15) is 4.79 Å². The SMILES string of the molecule is CC(Oc1ccc(Cl)cc1)C(=O)NCC1(c2cccc(Br)c2)CCOCC1. The van der Waals surface area contributed by atoms with Crippen molar-refractivity contribution in [2.75, 3.05) is 19.8 Å². The van der Waals surface area contributed by atoms with Gasteiger partial charge in [-0.15, -0.1) is 0 Å². The van der Waals surface area contributed by atoms with E-state index in [1.807, 2.05) is 12.1 Å². The molecule has 6 heteroatoms. The van der Waals surface area contributed by atoms with Gasteiger partial charge in [0.15, 0.2) is 6.10 Å².